The number of hydrogen-bond acceptors (Lipinski definition) is 3. The second-order valence-corrected chi connectivity index (χ2v) is 7.20. The monoisotopic (exact) mass is 502 g/mol. The number of nitrogens with one attached hydrogen (secondary N) is 3. The third-order valence-corrected chi connectivity index (χ3v) is 5.20. The number of guanidine groups is 1. The summed E-state index contributed by atoms with van der Waals surface area (Å²) in [6.07, 6.45) is 4.91. The summed E-state index contributed by atoms with van der Waals surface area (Å²) in [5.74, 6) is 0.804. The van der Waals surface area contributed by atoms with Gasteiger partial charge in [-0.2, -0.15) is 0 Å². The molecule has 0 bridgehead atoms. The average molecular weight is 502 g/mol. The van der Waals surface area contributed by atoms with Crippen LogP contribution in [-0.4, -0.2) is 45.2 Å². The van der Waals surface area contributed by atoms with Crippen molar-refractivity contribution in [1.82, 2.24) is 16.0 Å². The lowest BCUT2D eigenvalue weighted by atomic mass is 9.67. The van der Waals surface area contributed by atoms with Crippen LogP contribution in [0.3, 0.4) is 0 Å². The molecule has 0 atom stereocenters. The number of amides is 1. The SMILES string of the molecule is CCNC(=O)c1ccc(CN=C(NCC)NCC2(CCOC)CCC2)cc1.I. The highest BCUT2D eigenvalue weighted by Gasteiger charge is 2.36. The lowest BCUT2D eigenvalue weighted by molar-refractivity contribution is 0.0732. The second-order valence-electron chi connectivity index (χ2n) is 7.20. The molecule has 0 heterocycles. The molecule has 1 aliphatic rings. The summed E-state index contributed by atoms with van der Waals surface area (Å²) in [5, 5.41) is 9.64. The first-order valence-corrected chi connectivity index (χ1v) is 10.0. The van der Waals surface area contributed by atoms with E-state index in [1.165, 1.54) is 19.3 Å². The summed E-state index contributed by atoms with van der Waals surface area (Å²) in [6, 6.07) is 7.63. The first-order valence-electron chi connectivity index (χ1n) is 10.0. The van der Waals surface area contributed by atoms with Crippen molar-refractivity contribution < 1.29 is 9.53 Å². The highest BCUT2D eigenvalue weighted by molar-refractivity contribution is 14.0. The third-order valence-electron chi connectivity index (χ3n) is 5.20. The molecule has 0 aromatic heterocycles. The Kier molecular flexibility index (Phi) is 11.4. The van der Waals surface area contributed by atoms with Gasteiger partial charge in [-0.05, 0) is 56.2 Å². The molecule has 1 aromatic carbocycles. The highest BCUT2D eigenvalue weighted by Crippen LogP contribution is 2.43. The second kappa shape index (κ2) is 13.0. The Morgan fingerprint density at radius 1 is 1.11 bits per heavy atom. The average Bonchev–Trinajstić information content (AvgIpc) is 2.65. The summed E-state index contributed by atoms with van der Waals surface area (Å²) >= 11 is 0. The van der Waals surface area contributed by atoms with Gasteiger partial charge >= 0.3 is 0 Å². The zero-order chi connectivity index (χ0) is 19.5. The number of carbonyl (C=O) groups is 1. The number of halogens is 1. The van der Waals surface area contributed by atoms with Gasteiger partial charge in [0.2, 0.25) is 0 Å². The van der Waals surface area contributed by atoms with Crippen LogP contribution < -0.4 is 16.0 Å². The van der Waals surface area contributed by atoms with E-state index in [4.69, 9.17) is 9.73 Å². The first kappa shape index (κ1) is 24.7. The molecule has 0 unspecified atom stereocenters. The van der Waals surface area contributed by atoms with Crippen molar-refractivity contribution in [2.75, 3.05) is 33.4 Å². The molecule has 0 radical (unpaired) electrons. The molecule has 0 spiro atoms. The number of benzene rings is 1. The maximum Gasteiger partial charge on any atom is 0.251 e. The predicted octanol–water partition coefficient (Wildman–Crippen LogP) is 3.32. The van der Waals surface area contributed by atoms with Crippen molar-refractivity contribution >= 4 is 35.8 Å². The first-order chi connectivity index (χ1) is 13.1. The van der Waals surface area contributed by atoms with Gasteiger partial charge in [-0.1, -0.05) is 18.6 Å². The van der Waals surface area contributed by atoms with Gasteiger partial charge in [0.1, 0.15) is 0 Å². The van der Waals surface area contributed by atoms with Gasteiger partial charge in [-0.15, -0.1) is 24.0 Å². The van der Waals surface area contributed by atoms with E-state index in [9.17, 15) is 4.79 Å². The minimum atomic E-state index is -0.0376. The number of ether oxygens (including phenoxy) is 1. The van der Waals surface area contributed by atoms with Gasteiger partial charge in [0.15, 0.2) is 5.96 Å². The third kappa shape index (κ3) is 7.58. The quantitative estimate of drug-likeness (QED) is 0.261. The molecule has 28 heavy (non-hydrogen) atoms. The van der Waals surface area contributed by atoms with Crippen molar-refractivity contribution in [2.45, 2.75) is 46.1 Å². The van der Waals surface area contributed by atoms with Gasteiger partial charge < -0.3 is 20.7 Å². The van der Waals surface area contributed by atoms with Crippen LogP contribution in [0, 0.1) is 5.41 Å². The van der Waals surface area contributed by atoms with E-state index in [-0.39, 0.29) is 29.9 Å². The Bertz CT molecular complexity index is 615. The van der Waals surface area contributed by atoms with E-state index >= 15 is 0 Å². The summed E-state index contributed by atoms with van der Waals surface area (Å²) in [6.45, 7) is 7.77. The van der Waals surface area contributed by atoms with Crippen LogP contribution in [0.2, 0.25) is 0 Å². The van der Waals surface area contributed by atoms with E-state index in [1.54, 1.807) is 7.11 Å². The number of nitrogens with zero attached hydrogens (tertiary/aromatic N) is 1. The maximum absolute atomic E-state index is 11.8. The van der Waals surface area contributed by atoms with Crippen LogP contribution in [0.1, 0.15) is 55.5 Å². The fourth-order valence-corrected chi connectivity index (χ4v) is 3.32. The molecule has 0 aliphatic heterocycles. The maximum atomic E-state index is 11.8. The molecular formula is C21H35IN4O2. The topological polar surface area (TPSA) is 74.8 Å². The number of aliphatic imine (C=N–C) groups is 1. The van der Waals surface area contributed by atoms with Gasteiger partial charge in [-0.25, -0.2) is 4.99 Å². The summed E-state index contributed by atoms with van der Waals surface area (Å²) in [7, 11) is 1.77. The molecule has 6 nitrogen and oxygen atoms in total. The summed E-state index contributed by atoms with van der Waals surface area (Å²) < 4.78 is 5.27. The summed E-state index contributed by atoms with van der Waals surface area (Å²) in [5.41, 5.74) is 2.11. The Hall–Kier alpha value is -1.35. The van der Waals surface area contributed by atoms with E-state index in [0.29, 0.717) is 24.1 Å². The van der Waals surface area contributed by atoms with E-state index in [1.807, 2.05) is 31.2 Å². The van der Waals surface area contributed by atoms with Crippen LogP contribution in [0.5, 0.6) is 0 Å². The van der Waals surface area contributed by atoms with Crippen molar-refractivity contribution in [1.29, 1.82) is 0 Å². The molecule has 1 aromatic rings. The van der Waals surface area contributed by atoms with Gasteiger partial charge in [0.05, 0.1) is 6.54 Å². The van der Waals surface area contributed by atoms with Crippen LogP contribution in [0.15, 0.2) is 29.3 Å². The number of methoxy groups -OCH3 is 1. The molecule has 1 saturated carbocycles. The predicted molar refractivity (Wildman–Crippen MR) is 125 cm³/mol. The standard InChI is InChI=1S/C21H34N4O2.HI/c1-4-22-19(26)18-9-7-17(8-10-18)15-24-20(23-5-2)25-16-21(11-6-12-21)13-14-27-3;/h7-10H,4-6,11-16H2,1-3H3,(H,22,26)(H2,23,24,25);1H. The van der Waals surface area contributed by atoms with Crippen LogP contribution in [0.25, 0.3) is 0 Å². The molecular weight excluding hydrogens is 467 g/mol. The Morgan fingerprint density at radius 2 is 1.79 bits per heavy atom. The van der Waals surface area contributed by atoms with Crippen LogP contribution in [-0.2, 0) is 11.3 Å². The van der Waals surface area contributed by atoms with E-state index in [2.05, 4.69) is 22.9 Å². The zero-order valence-electron chi connectivity index (χ0n) is 17.3. The number of carbonyl (C=O) groups excluding carboxylic acids is 1. The molecule has 7 heteroatoms. The minimum Gasteiger partial charge on any atom is -0.385 e. The molecule has 1 aliphatic carbocycles. The zero-order valence-corrected chi connectivity index (χ0v) is 19.7. The Labute approximate surface area is 186 Å². The Morgan fingerprint density at radius 3 is 2.32 bits per heavy atom. The highest BCUT2D eigenvalue weighted by atomic mass is 127. The van der Waals surface area contributed by atoms with Crippen LogP contribution in [0.4, 0.5) is 0 Å². The molecule has 2 rings (SSSR count). The van der Waals surface area contributed by atoms with E-state index in [0.717, 1.165) is 37.6 Å². The molecule has 1 amide bonds. The largest absolute Gasteiger partial charge is 0.385 e. The van der Waals surface area contributed by atoms with Crippen molar-refractivity contribution in [3.63, 3.8) is 0 Å². The smallest absolute Gasteiger partial charge is 0.251 e. The van der Waals surface area contributed by atoms with Gasteiger partial charge in [0.25, 0.3) is 5.91 Å². The van der Waals surface area contributed by atoms with Crippen molar-refractivity contribution in [3.8, 4) is 0 Å². The molecule has 0 saturated heterocycles. The van der Waals surface area contributed by atoms with E-state index < -0.39 is 0 Å². The number of rotatable bonds is 10. The Balaban J connectivity index is 0.00000392. The molecule has 3 N–H and O–H groups in total. The van der Waals surface area contributed by atoms with Gasteiger partial charge in [-0.3, -0.25) is 4.79 Å². The van der Waals surface area contributed by atoms with Crippen molar-refractivity contribution in [2.24, 2.45) is 10.4 Å². The van der Waals surface area contributed by atoms with Crippen LogP contribution >= 0.6 is 24.0 Å². The normalized spacial score (nSPS) is 15.2. The minimum absolute atomic E-state index is 0. The van der Waals surface area contributed by atoms with Crippen molar-refractivity contribution in [3.05, 3.63) is 35.4 Å². The molecule has 1 fully saturated rings. The lowest BCUT2D eigenvalue weighted by Gasteiger charge is -2.42. The fraction of sp³-hybridized carbons (Fsp3) is 0.619. The lowest BCUT2D eigenvalue weighted by Crippen LogP contribution is -2.46. The fourth-order valence-electron chi connectivity index (χ4n) is 3.32. The molecule has 158 valence electrons. The number of hydrogen-bond donors (Lipinski definition) is 3. The van der Waals surface area contributed by atoms with Gasteiger partial charge in [0, 0.05) is 38.9 Å². The summed E-state index contributed by atoms with van der Waals surface area (Å²) in [4.78, 5) is 16.5.